The molecule has 1 aliphatic heterocycles. The van der Waals surface area contributed by atoms with Crippen LogP contribution in [0.3, 0.4) is 0 Å². The van der Waals surface area contributed by atoms with E-state index < -0.39 is 5.60 Å². The number of aliphatic hydroxyl groups is 1. The van der Waals surface area contributed by atoms with E-state index in [1.165, 1.54) is 0 Å². The molecule has 172 valence electrons. The molecule has 4 aromatic rings. The first-order valence-electron chi connectivity index (χ1n) is 10.6. The molecule has 0 radical (unpaired) electrons. The third-order valence-corrected chi connectivity index (χ3v) is 6.36. The Balaban J connectivity index is 1.28. The third kappa shape index (κ3) is 3.93. The van der Waals surface area contributed by atoms with E-state index in [4.69, 9.17) is 23.1 Å². The summed E-state index contributed by atoms with van der Waals surface area (Å²) in [7, 11) is 0. The van der Waals surface area contributed by atoms with Gasteiger partial charge in [0.2, 0.25) is 11.9 Å². The molecular weight excluding hydrogens is 446 g/mol. The number of carbonyl (C=O) groups excluding carboxylic acids is 1. The van der Waals surface area contributed by atoms with E-state index in [1.54, 1.807) is 28.8 Å². The fourth-order valence-corrected chi connectivity index (χ4v) is 4.70. The number of benzene rings is 1. The number of H-pyrrole nitrogens is 1. The molecular formula is C21H24ClN9O2. The van der Waals surface area contributed by atoms with Gasteiger partial charge in [-0.1, -0.05) is 11.6 Å². The lowest BCUT2D eigenvalue weighted by atomic mass is 9.88. The molecule has 1 amide bonds. The average Bonchev–Trinajstić information content (AvgIpc) is 3.34. The van der Waals surface area contributed by atoms with Gasteiger partial charge < -0.3 is 31.0 Å². The minimum atomic E-state index is -1.20. The number of nitrogens with two attached hydrogens (primary N) is 2. The van der Waals surface area contributed by atoms with Crippen LogP contribution in [-0.2, 0) is 11.2 Å². The Morgan fingerprint density at radius 3 is 2.94 bits per heavy atom. The second-order valence-electron chi connectivity index (χ2n) is 8.61. The van der Waals surface area contributed by atoms with E-state index in [1.807, 2.05) is 12.1 Å². The van der Waals surface area contributed by atoms with Crippen molar-refractivity contribution in [3.63, 3.8) is 0 Å². The summed E-state index contributed by atoms with van der Waals surface area (Å²) in [5.41, 5.74) is 13.0. The summed E-state index contributed by atoms with van der Waals surface area (Å²) in [5, 5.41) is 11.9. The number of nitrogen functional groups attached to an aromatic ring is 2. The highest BCUT2D eigenvalue weighted by molar-refractivity contribution is 6.31. The van der Waals surface area contributed by atoms with Crippen LogP contribution >= 0.6 is 11.6 Å². The predicted octanol–water partition coefficient (Wildman–Crippen LogP) is 1.68. The van der Waals surface area contributed by atoms with E-state index in [2.05, 4.69) is 24.9 Å². The Morgan fingerprint density at radius 1 is 1.33 bits per heavy atom. The number of nitrogens with one attached hydrogen (secondary N) is 1. The van der Waals surface area contributed by atoms with Crippen LogP contribution < -0.4 is 11.5 Å². The lowest BCUT2D eigenvalue weighted by Gasteiger charge is -2.43. The fraction of sp³-hybridized carbons (Fsp3) is 0.381. The number of anilines is 2. The van der Waals surface area contributed by atoms with Gasteiger partial charge in [-0.15, -0.1) is 0 Å². The van der Waals surface area contributed by atoms with E-state index >= 15 is 0 Å². The van der Waals surface area contributed by atoms with Crippen LogP contribution in [0.15, 0.2) is 24.5 Å². The number of nitrogens with zero attached hydrogens (tertiary/aromatic N) is 6. The van der Waals surface area contributed by atoms with Gasteiger partial charge in [-0.05, 0) is 31.5 Å². The summed E-state index contributed by atoms with van der Waals surface area (Å²) < 4.78 is 1.77. The first-order valence-corrected chi connectivity index (χ1v) is 11.0. The number of β-amino-alcohol motifs (C(OH)–C–C–N with tert-alkyl or cyclic N) is 1. The number of halogens is 1. The van der Waals surface area contributed by atoms with Gasteiger partial charge in [-0.3, -0.25) is 4.79 Å². The number of aryl methyl sites for hydroxylation is 1. The van der Waals surface area contributed by atoms with Gasteiger partial charge >= 0.3 is 0 Å². The quantitative estimate of drug-likeness (QED) is 0.350. The van der Waals surface area contributed by atoms with Crippen LogP contribution in [-0.4, -0.2) is 64.1 Å². The maximum absolute atomic E-state index is 12.9. The van der Waals surface area contributed by atoms with Crippen LogP contribution in [0.25, 0.3) is 22.2 Å². The number of aromatic amines is 1. The second kappa shape index (κ2) is 7.85. The molecule has 1 fully saturated rings. The standard InChI is InChI=1S/C21H24ClN9O2/c1-21(33)9-30(16(32)5-4-15-26-12-3-2-11(22)8-13(12)27-15)7-6-14(21)31-10-25-17-18(23)28-20(24)29-19(17)31/h2-3,8,10,14,33H,4-7,9H2,1H3,(H,26,27)(H4,23,24,28,29)/t14-,21-/m1/s1. The Kier molecular flexibility index (Phi) is 5.09. The summed E-state index contributed by atoms with van der Waals surface area (Å²) in [4.78, 5) is 34.8. The molecule has 3 aromatic heterocycles. The minimum absolute atomic E-state index is 0.0430. The second-order valence-corrected chi connectivity index (χ2v) is 9.05. The van der Waals surface area contributed by atoms with E-state index in [0.29, 0.717) is 35.6 Å². The van der Waals surface area contributed by atoms with Crippen LogP contribution in [0.4, 0.5) is 11.8 Å². The zero-order valence-corrected chi connectivity index (χ0v) is 18.7. The van der Waals surface area contributed by atoms with Crippen LogP contribution in [0.2, 0.25) is 5.02 Å². The summed E-state index contributed by atoms with van der Waals surface area (Å²) in [5.74, 6) is 0.916. The lowest BCUT2D eigenvalue weighted by Crippen LogP contribution is -2.54. The zero-order valence-electron chi connectivity index (χ0n) is 18.0. The van der Waals surface area contributed by atoms with Crippen molar-refractivity contribution in [3.8, 4) is 0 Å². The molecule has 1 aliphatic rings. The molecule has 33 heavy (non-hydrogen) atoms. The van der Waals surface area contributed by atoms with Crippen LogP contribution in [0.5, 0.6) is 0 Å². The molecule has 0 unspecified atom stereocenters. The number of likely N-dealkylation sites (tertiary alicyclic amines) is 1. The Hall–Kier alpha value is -3.44. The van der Waals surface area contributed by atoms with Crippen molar-refractivity contribution in [2.24, 2.45) is 0 Å². The molecule has 1 aromatic carbocycles. The minimum Gasteiger partial charge on any atom is -0.386 e. The number of hydrogen-bond donors (Lipinski definition) is 4. The molecule has 0 spiro atoms. The van der Waals surface area contributed by atoms with Crippen molar-refractivity contribution in [2.45, 2.75) is 37.8 Å². The largest absolute Gasteiger partial charge is 0.386 e. The number of rotatable bonds is 4. The molecule has 2 atom stereocenters. The Labute approximate surface area is 193 Å². The van der Waals surface area contributed by atoms with Crippen molar-refractivity contribution in [1.29, 1.82) is 0 Å². The first kappa shape index (κ1) is 21.4. The van der Waals surface area contributed by atoms with Crippen molar-refractivity contribution < 1.29 is 9.90 Å². The first-order chi connectivity index (χ1) is 15.7. The fourth-order valence-electron chi connectivity index (χ4n) is 4.53. The number of aromatic nitrogens is 6. The molecule has 5 rings (SSSR count). The molecule has 11 nitrogen and oxygen atoms in total. The normalized spacial score (nSPS) is 21.2. The van der Waals surface area contributed by atoms with Gasteiger partial charge in [0, 0.05) is 24.4 Å². The van der Waals surface area contributed by atoms with E-state index in [9.17, 15) is 9.90 Å². The van der Waals surface area contributed by atoms with Crippen LogP contribution in [0.1, 0.15) is 31.6 Å². The summed E-state index contributed by atoms with van der Waals surface area (Å²) in [6, 6.07) is 5.08. The number of piperidine rings is 1. The van der Waals surface area contributed by atoms with Crippen LogP contribution in [0, 0.1) is 0 Å². The van der Waals surface area contributed by atoms with Gasteiger partial charge in [-0.25, -0.2) is 9.97 Å². The summed E-state index contributed by atoms with van der Waals surface area (Å²) in [6.07, 6.45) is 2.86. The molecule has 6 N–H and O–H groups in total. The smallest absolute Gasteiger partial charge is 0.224 e. The number of amides is 1. The molecule has 0 saturated carbocycles. The summed E-state index contributed by atoms with van der Waals surface area (Å²) >= 11 is 6.02. The van der Waals surface area contributed by atoms with Crippen molar-refractivity contribution in [1.82, 2.24) is 34.4 Å². The highest BCUT2D eigenvalue weighted by atomic mass is 35.5. The summed E-state index contributed by atoms with van der Waals surface area (Å²) in [6.45, 7) is 2.38. The molecule has 12 heteroatoms. The van der Waals surface area contributed by atoms with Crippen molar-refractivity contribution in [3.05, 3.63) is 35.4 Å². The topological polar surface area (TPSA) is 165 Å². The van der Waals surface area contributed by atoms with Gasteiger partial charge in [0.1, 0.15) is 16.9 Å². The Bertz CT molecular complexity index is 1360. The SMILES string of the molecule is C[C@@]1(O)CN(C(=O)CCc2nc3ccc(Cl)cc3[nH]2)CC[C@H]1n1cnc2c(N)nc(N)nc21. The van der Waals surface area contributed by atoms with Gasteiger partial charge in [-0.2, -0.15) is 9.97 Å². The van der Waals surface area contributed by atoms with E-state index in [-0.39, 0.29) is 36.7 Å². The molecule has 1 saturated heterocycles. The van der Waals surface area contributed by atoms with Gasteiger partial charge in [0.05, 0.1) is 29.9 Å². The third-order valence-electron chi connectivity index (χ3n) is 6.12. The highest BCUT2D eigenvalue weighted by Crippen LogP contribution is 2.34. The molecule has 0 aliphatic carbocycles. The average molecular weight is 470 g/mol. The van der Waals surface area contributed by atoms with Gasteiger partial charge in [0.15, 0.2) is 11.5 Å². The molecule has 0 bridgehead atoms. The maximum Gasteiger partial charge on any atom is 0.224 e. The number of imidazole rings is 2. The number of carbonyl (C=O) groups is 1. The van der Waals surface area contributed by atoms with E-state index in [0.717, 1.165) is 16.9 Å². The van der Waals surface area contributed by atoms with Crippen molar-refractivity contribution >= 4 is 51.5 Å². The monoisotopic (exact) mass is 469 g/mol. The molecule has 4 heterocycles. The van der Waals surface area contributed by atoms with Gasteiger partial charge in [0.25, 0.3) is 0 Å². The number of fused-ring (bicyclic) bond motifs is 2. The Morgan fingerprint density at radius 2 is 2.15 bits per heavy atom. The van der Waals surface area contributed by atoms with Crippen molar-refractivity contribution in [2.75, 3.05) is 24.6 Å². The highest BCUT2D eigenvalue weighted by Gasteiger charge is 2.41. The lowest BCUT2D eigenvalue weighted by molar-refractivity contribution is -0.140. The maximum atomic E-state index is 12.9. The zero-order chi connectivity index (χ0) is 23.3. The number of hydrogen-bond acceptors (Lipinski definition) is 8. The predicted molar refractivity (Wildman–Crippen MR) is 124 cm³/mol.